The molecule has 0 N–H and O–H groups in total. The molecule has 4 aliphatic rings. The molecule has 2 aromatic carbocycles. The molecule has 8 atom stereocenters. The molecule has 0 aliphatic heterocycles. The molecule has 2 aromatic rings. The van der Waals surface area contributed by atoms with E-state index in [1.54, 1.807) is 11.1 Å². The van der Waals surface area contributed by atoms with Crippen LogP contribution < -0.4 is 0 Å². The van der Waals surface area contributed by atoms with E-state index in [4.69, 9.17) is 0 Å². The molecule has 0 amide bonds. The lowest BCUT2D eigenvalue weighted by molar-refractivity contribution is 0.198. The van der Waals surface area contributed by atoms with Crippen molar-refractivity contribution in [3.05, 3.63) is 107 Å². The number of hydrogen-bond donors (Lipinski definition) is 0. The predicted octanol–water partition coefficient (Wildman–Crippen LogP) is 12.7. The van der Waals surface area contributed by atoms with E-state index < -0.39 is 0 Å². The minimum absolute atomic E-state index is 0.192. The monoisotopic (exact) mass is 614 g/mol. The second-order valence-electron chi connectivity index (χ2n) is 18.2. The van der Waals surface area contributed by atoms with Gasteiger partial charge in [-0.1, -0.05) is 154 Å². The lowest BCUT2D eigenvalue weighted by Gasteiger charge is -2.33. The van der Waals surface area contributed by atoms with Crippen molar-refractivity contribution < 1.29 is 0 Å². The van der Waals surface area contributed by atoms with Crippen LogP contribution in [-0.4, -0.2) is 0 Å². The maximum absolute atomic E-state index is 2.60. The van der Waals surface area contributed by atoms with Crippen LogP contribution in [-0.2, 0) is 10.8 Å². The fourth-order valence-electron chi connectivity index (χ4n) is 10.1. The molecule has 0 aromatic heterocycles. The Morgan fingerprint density at radius 2 is 0.891 bits per heavy atom. The molecular weight excluding hydrogens is 553 g/mol. The van der Waals surface area contributed by atoms with Gasteiger partial charge in [0.05, 0.1) is 0 Å². The van der Waals surface area contributed by atoms with E-state index in [0.29, 0.717) is 23.7 Å². The second kappa shape index (κ2) is 12.8. The summed E-state index contributed by atoms with van der Waals surface area (Å²) in [5.74, 6) is 7.24. The molecule has 0 spiro atoms. The standard InChI is InChI=1S/C46H62/c1-29(2)41-27-43-35(31-17-21-33(22-18-31)45(5,6)7)13-11-15-37(43)39(41)25-26-40-38-16-12-14-36(44(38)28-42(40)30(3)4)32-19-23-34(24-20-32)46(8,9)10/h11-24,29-30,37-44H,25-28H2,1-10H3/t37?,38?,39?,40?,41?,42?,43-,44-/m0/s1. The fourth-order valence-corrected chi connectivity index (χ4v) is 10.1. The highest BCUT2D eigenvalue weighted by Gasteiger charge is 2.48. The van der Waals surface area contributed by atoms with Gasteiger partial charge in [0, 0.05) is 0 Å². The van der Waals surface area contributed by atoms with Crippen molar-refractivity contribution in [1.82, 2.24) is 0 Å². The Balaban J connectivity index is 1.21. The van der Waals surface area contributed by atoms with Crippen LogP contribution in [0.15, 0.2) is 85.0 Å². The maximum atomic E-state index is 2.60. The van der Waals surface area contributed by atoms with Gasteiger partial charge >= 0.3 is 0 Å². The number of allylic oxidation sites excluding steroid dienone is 8. The van der Waals surface area contributed by atoms with Gasteiger partial charge < -0.3 is 0 Å². The van der Waals surface area contributed by atoms with E-state index in [-0.39, 0.29) is 10.8 Å². The van der Waals surface area contributed by atoms with Gasteiger partial charge in [-0.25, -0.2) is 0 Å². The molecule has 0 nitrogen and oxygen atoms in total. The molecule has 6 unspecified atom stereocenters. The van der Waals surface area contributed by atoms with Crippen molar-refractivity contribution in [1.29, 1.82) is 0 Å². The molecule has 0 radical (unpaired) electrons. The largest absolute Gasteiger partial charge is 0.0805 e. The Bertz CT molecular complexity index is 1360. The van der Waals surface area contributed by atoms with Crippen LogP contribution in [0, 0.1) is 59.2 Å². The molecule has 246 valence electrons. The third-order valence-corrected chi connectivity index (χ3v) is 12.8. The Morgan fingerprint density at radius 3 is 1.20 bits per heavy atom. The molecule has 0 bridgehead atoms. The SMILES string of the molecule is CC(C)C1C[C@H]2C(c3ccc(C(C)(C)C)cc3)=CC=CC2C1CCC1C(C(C)C)C[C@H]2C(c3ccc(C(C)(C)C)cc3)=CC=CC12. The highest BCUT2D eigenvalue weighted by molar-refractivity contribution is 5.72. The summed E-state index contributed by atoms with van der Waals surface area (Å²) >= 11 is 0. The summed E-state index contributed by atoms with van der Waals surface area (Å²) < 4.78 is 0. The minimum Gasteiger partial charge on any atom is -0.0805 e. The number of fused-ring (bicyclic) bond motifs is 2. The summed E-state index contributed by atoms with van der Waals surface area (Å²) in [6.45, 7) is 23.9. The van der Waals surface area contributed by atoms with Gasteiger partial charge in [0.2, 0.25) is 0 Å². The van der Waals surface area contributed by atoms with Crippen molar-refractivity contribution >= 4 is 11.1 Å². The van der Waals surface area contributed by atoms with Gasteiger partial charge in [0.15, 0.2) is 0 Å². The quantitative estimate of drug-likeness (QED) is 0.291. The molecule has 2 saturated carbocycles. The minimum atomic E-state index is 0.192. The zero-order chi connectivity index (χ0) is 33.0. The fraction of sp³-hybridized carbons (Fsp3) is 0.565. The number of rotatable bonds is 7. The second-order valence-corrected chi connectivity index (χ2v) is 18.2. The zero-order valence-electron chi connectivity index (χ0n) is 30.7. The van der Waals surface area contributed by atoms with Crippen molar-refractivity contribution in [2.75, 3.05) is 0 Å². The highest BCUT2D eigenvalue weighted by atomic mass is 14.5. The summed E-state index contributed by atoms with van der Waals surface area (Å²) in [7, 11) is 0. The molecule has 0 heterocycles. The Hall–Kier alpha value is -2.60. The van der Waals surface area contributed by atoms with Gasteiger partial charge in [-0.15, -0.1) is 0 Å². The zero-order valence-corrected chi connectivity index (χ0v) is 30.7. The first kappa shape index (κ1) is 33.3. The molecular formula is C46H62. The van der Waals surface area contributed by atoms with E-state index >= 15 is 0 Å². The molecule has 0 heteroatoms. The van der Waals surface area contributed by atoms with Gasteiger partial charge in [0.1, 0.15) is 0 Å². The Labute approximate surface area is 282 Å². The van der Waals surface area contributed by atoms with Crippen molar-refractivity contribution in [3.63, 3.8) is 0 Å². The number of hydrogen-bond acceptors (Lipinski definition) is 0. The van der Waals surface area contributed by atoms with Crippen molar-refractivity contribution in [3.8, 4) is 0 Å². The van der Waals surface area contributed by atoms with Crippen LogP contribution in [0.5, 0.6) is 0 Å². The average molecular weight is 615 g/mol. The smallest absolute Gasteiger partial charge is 0.00874 e. The van der Waals surface area contributed by atoms with Crippen molar-refractivity contribution in [2.45, 2.75) is 106 Å². The molecule has 6 rings (SSSR count). The van der Waals surface area contributed by atoms with Gasteiger partial charge in [0.25, 0.3) is 0 Å². The van der Waals surface area contributed by atoms with Crippen molar-refractivity contribution in [2.24, 2.45) is 59.2 Å². The van der Waals surface area contributed by atoms with Crippen LogP contribution in [0.2, 0.25) is 0 Å². The lowest BCUT2D eigenvalue weighted by Crippen LogP contribution is -2.25. The normalized spacial score (nSPS) is 30.9. The molecule has 4 aliphatic carbocycles. The van der Waals surface area contributed by atoms with E-state index in [1.165, 1.54) is 47.9 Å². The summed E-state index contributed by atoms with van der Waals surface area (Å²) in [6.07, 6.45) is 20.3. The maximum Gasteiger partial charge on any atom is -0.00874 e. The van der Waals surface area contributed by atoms with Crippen LogP contribution >= 0.6 is 0 Å². The third kappa shape index (κ3) is 6.44. The van der Waals surface area contributed by atoms with Crippen LogP contribution in [0.25, 0.3) is 11.1 Å². The summed E-state index contributed by atoms with van der Waals surface area (Å²) in [6, 6.07) is 19.1. The topological polar surface area (TPSA) is 0 Å². The van der Waals surface area contributed by atoms with Gasteiger partial charge in [-0.05, 0) is 129 Å². The molecule has 46 heavy (non-hydrogen) atoms. The molecule has 0 saturated heterocycles. The highest BCUT2D eigenvalue weighted by Crippen LogP contribution is 2.57. The van der Waals surface area contributed by atoms with Crippen LogP contribution in [0.1, 0.15) is 117 Å². The average Bonchev–Trinajstić information content (AvgIpc) is 3.58. The van der Waals surface area contributed by atoms with E-state index in [0.717, 1.165) is 35.5 Å². The summed E-state index contributed by atoms with van der Waals surface area (Å²) in [5.41, 5.74) is 9.29. The predicted molar refractivity (Wildman–Crippen MR) is 201 cm³/mol. The van der Waals surface area contributed by atoms with Gasteiger partial charge in [-0.3, -0.25) is 0 Å². The Kier molecular flexibility index (Phi) is 9.26. The third-order valence-electron chi connectivity index (χ3n) is 12.8. The van der Waals surface area contributed by atoms with Crippen LogP contribution in [0.3, 0.4) is 0 Å². The summed E-state index contributed by atoms with van der Waals surface area (Å²) in [4.78, 5) is 0. The summed E-state index contributed by atoms with van der Waals surface area (Å²) in [5, 5.41) is 0. The Morgan fingerprint density at radius 1 is 0.543 bits per heavy atom. The first-order chi connectivity index (χ1) is 21.7. The first-order valence-electron chi connectivity index (χ1n) is 18.7. The van der Waals surface area contributed by atoms with E-state index in [1.807, 2.05) is 0 Å². The number of benzene rings is 2. The van der Waals surface area contributed by atoms with Crippen LogP contribution in [0.4, 0.5) is 0 Å². The van der Waals surface area contributed by atoms with Gasteiger partial charge in [-0.2, -0.15) is 0 Å². The molecule has 2 fully saturated rings. The lowest BCUT2D eigenvalue weighted by atomic mass is 9.71. The van der Waals surface area contributed by atoms with E-state index in [9.17, 15) is 0 Å². The first-order valence-corrected chi connectivity index (χ1v) is 18.7. The van der Waals surface area contributed by atoms with E-state index in [2.05, 4.69) is 154 Å².